The van der Waals surface area contributed by atoms with Crippen LogP contribution in [0.5, 0.6) is 0 Å². The van der Waals surface area contributed by atoms with E-state index in [0.29, 0.717) is 17.1 Å². The van der Waals surface area contributed by atoms with Crippen LogP contribution in [0.15, 0.2) is 53.4 Å². The second-order valence-corrected chi connectivity index (χ2v) is 9.59. The number of hydrogen-bond donors (Lipinski definition) is 2. The van der Waals surface area contributed by atoms with Crippen molar-refractivity contribution in [3.05, 3.63) is 48.5 Å². The number of amides is 3. The van der Waals surface area contributed by atoms with Crippen LogP contribution >= 0.6 is 0 Å². The third-order valence-corrected chi connectivity index (χ3v) is 6.72. The van der Waals surface area contributed by atoms with Crippen molar-refractivity contribution in [1.82, 2.24) is 4.31 Å². The Hall–Kier alpha value is -3.24. The van der Waals surface area contributed by atoms with Gasteiger partial charge in [0.25, 0.3) is 0 Å². The molecule has 1 heterocycles. The van der Waals surface area contributed by atoms with Crippen LogP contribution in [0.2, 0.25) is 0 Å². The number of carbonyl (C=O) groups is 3. The molecule has 0 saturated carbocycles. The molecule has 1 aliphatic rings. The second-order valence-electron chi connectivity index (χ2n) is 7.43. The number of sulfonamides is 1. The maximum absolute atomic E-state index is 12.6. The largest absolute Gasteiger partial charge is 0.326 e. The van der Waals surface area contributed by atoms with E-state index in [1.807, 2.05) is 0 Å². The Labute approximate surface area is 181 Å². The van der Waals surface area contributed by atoms with E-state index in [9.17, 15) is 22.8 Å². The summed E-state index contributed by atoms with van der Waals surface area (Å²) in [6, 6.07) is 12.7. The van der Waals surface area contributed by atoms with Crippen LogP contribution < -0.4 is 15.5 Å². The standard InChI is InChI=1S/C21H24N4O5S/c1-14(26)22-16-4-6-17(7-5-16)23-21(28)15-12-20(27)25(13-15)18-8-10-19(11-9-18)31(29,30)24(2)3/h4-11,15H,12-13H2,1-3H3,(H,22,26)(H,23,28). The summed E-state index contributed by atoms with van der Waals surface area (Å²) in [5.41, 5.74) is 1.72. The first kappa shape index (κ1) is 22.4. The number of benzene rings is 2. The molecule has 0 aromatic heterocycles. The van der Waals surface area contributed by atoms with Gasteiger partial charge in [-0.05, 0) is 48.5 Å². The van der Waals surface area contributed by atoms with Crippen LogP contribution in [0, 0.1) is 5.92 Å². The predicted octanol–water partition coefficient (Wildman–Crippen LogP) is 1.89. The molecule has 10 heteroatoms. The molecule has 2 N–H and O–H groups in total. The first-order valence-electron chi connectivity index (χ1n) is 9.59. The maximum atomic E-state index is 12.6. The van der Waals surface area contributed by atoms with Gasteiger partial charge in [-0.25, -0.2) is 12.7 Å². The quantitative estimate of drug-likeness (QED) is 0.706. The molecule has 0 radical (unpaired) electrons. The fraction of sp³-hybridized carbons (Fsp3) is 0.286. The monoisotopic (exact) mass is 444 g/mol. The van der Waals surface area contributed by atoms with Crippen molar-refractivity contribution in [2.75, 3.05) is 36.2 Å². The first-order valence-corrected chi connectivity index (χ1v) is 11.0. The van der Waals surface area contributed by atoms with Gasteiger partial charge in [-0.1, -0.05) is 0 Å². The summed E-state index contributed by atoms with van der Waals surface area (Å²) in [5.74, 6) is -1.21. The molecule has 3 rings (SSSR count). The number of nitrogens with one attached hydrogen (secondary N) is 2. The Morgan fingerprint density at radius 3 is 2.03 bits per heavy atom. The maximum Gasteiger partial charge on any atom is 0.242 e. The van der Waals surface area contributed by atoms with Crippen molar-refractivity contribution in [1.29, 1.82) is 0 Å². The van der Waals surface area contributed by atoms with E-state index in [-0.39, 0.29) is 35.6 Å². The van der Waals surface area contributed by atoms with Crippen molar-refractivity contribution in [2.24, 2.45) is 5.92 Å². The van der Waals surface area contributed by atoms with Gasteiger partial charge in [0.2, 0.25) is 27.7 Å². The summed E-state index contributed by atoms with van der Waals surface area (Å²) in [7, 11) is -0.660. The van der Waals surface area contributed by atoms with Gasteiger partial charge in [0.1, 0.15) is 0 Å². The predicted molar refractivity (Wildman–Crippen MR) is 117 cm³/mol. The summed E-state index contributed by atoms with van der Waals surface area (Å²) in [6.45, 7) is 1.61. The van der Waals surface area contributed by atoms with E-state index in [4.69, 9.17) is 0 Å². The molecule has 0 spiro atoms. The molecule has 31 heavy (non-hydrogen) atoms. The third kappa shape index (κ3) is 5.09. The van der Waals surface area contributed by atoms with Crippen LogP contribution in [-0.2, 0) is 24.4 Å². The minimum atomic E-state index is -3.56. The van der Waals surface area contributed by atoms with Gasteiger partial charge < -0.3 is 15.5 Å². The smallest absolute Gasteiger partial charge is 0.242 e. The number of anilines is 3. The zero-order valence-corrected chi connectivity index (χ0v) is 18.3. The first-order chi connectivity index (χ1) is 14.6. The highest BCUT2D eigenvalue weighted by Gasteiger charge is 2.35. The summed E-state index contributed by atoms with van der Waals surface area (Å²) in [4.78, 5) is 37.8. The third-order valence-electron chi connectivity index (χ3n) is 4.90. The van der Waals surface area contributed by atoms with Gasteiger partial charge in [0.05, 0.1) is 10.8 Å². The van der Waals surface area contributed by atoms with Crippen molar-refractivity contribution >= 4 is 44.8 Å². The van der Waals surface area contributed by atoms with Crippen molar-refractivity contribution in [3.63, 3.8) is 0 Å². The molecule has 2 aromatic carbocycles. The van der Waals surface area contributed by atoms with Gasteiger partial charge >= 0.3 is 0 Å². The summed E-state index contributed by atoms with van der Waals surface area (Å²) in [5, 5.41) is 5.43. The van der Waals surface area contributed by atoms with Gasteiger partial charge in [0, 0.05) is 51.0 Å². The van der Waals surface area contributed by atoms with Crippen LogP contribution in [0.4, 0.5) is 17.1 Å². The highest BCUT2D eigenvalue weighted by atomic mass is 32.2. The van der Waals surface area contributed by atoms with Gasteiger partial charge in [-0.3, -0.25) is 14.4 Å². The van der Waals surface area contributed by atoms with Crippen molar-refractivity contribution in [2.45, 2.75) is 18.2 Å². The summed E-state index contributed by atoms with van der Waals surface area (Å²) >= 11 is 0. The molecule has 0 bridgehead atoms. The lowest BCUT2D eigenvalue weighted by atomic mass is 10.1. The molecule has 1 fully saturated rings. The Bertz CT molecular complexity index is 1100. The molecule has 2 aromatic rings. The SMILES string of the molecule is CC(=O)Nc1ccc(NC(=O)C2CC(=O)N(c3ccc(S(=O)(=O)N(C)C)cc3)C2)cc1. The lowest BCUT2D eigenvalue weighted by Gasteiger charge is -2.18. The van der Waals surface area contributed by atoms with E-state index in [1.54, 1.807) is 36.4 Å². The summed E-state index contributed by atoms with van der Waals surface area (Å²) < 4.78 is 25.5. The van der Waals surface area contributed by atoms with Crippen molar-refractivity contribution in [3.8, 4) is 0 Å². The molecule has 3 amide bonds. The average Bonchev–Trinajstić information content (AvgIpc) is 3.11. The summed E-state index contributed by atoms with van der Waals surface area (Å²) in [6.07, 6.45) is 0.0631. The number of rotatable bonds is 6. The van der Waals surface area contributed by atoms with Crippen LogP contribution in [0.1, 0.15) is 13.3 Å². The molecule has 1 aliphatic heterocycles. The molecular weight excluding hydrogens is 420 g/mol. The minimum Gasteiger partial charge on any atom is -0.326 e. The van der Waals surface area contributed by atoms with E-state index >= 15 is 0 Å². The van der Waals surface area contributed by atoms with Crippen LogP contribution in [0.3, 0.4) is 0 Å². The Morgan fingerprint density at radius 1 is 0.968 bits per heavy atom. The molecule has 1 saturated heterocycles. The second kappa shape index (κ2) is 8.86. The molecule has 164 valence electrons. The van der Waals surface area contributed by atoms with Gasteiger partial charge in [0.15, 0.2) is 0 Å². The Kier molecular flexibility index (Phi) is 6.42. The molecule has 1 atom stereocenters. The lowest BCUT2D eigenvalue weighted by Crippen LogP contribution is -2.28. The minimum absolute atomic E-state index is 0.0631. The van der Waals surface area contributed by atoms with E-state index in [0.717, 1.165) is 4.31 Å². The van der Waals surface area contributed by atoms with Crippen LogP contribution in [0.25, 0.3) is 0 Å². The average molecular weight is 445 g/mol. The highest BCUT2D eigenvalue weighted by molar-refractivity contribution is 7.89. The number of nitrogens with zero attached hydrogens (tertiary/aromatic N) is 2. The highest BCUT2D eigenvalue weighted by Crippen LogP contribution is 2.27. The lowest BCUT2D eigenvalue weighted by molar-refractivity contribution is -0.122. The molecule has 9 nitrogen and oxygen atoms in total. The number of hydrogen-bond acceptors (Lipinski definition) is 5. The Balaban J connectivity index is 1.65. The zero-order chi connectivity index (χ0) is 22.8. The number of carbonyl (C=O) groups excluding carboxylic acids is 3. The van der Waals surface area contributed by atoms with E-state index < -0.39 is 15.9 Å². The van der Waals surface area contributed by atoms with Gasteiger partial charge in [-0.15, -0.1) is 0 Å². The Morgan fingerprint density at radius 2 is 1.52 bits per heavy atom. The van der Waals surface area contributed by atoms with Crippen LogP contribution in [-0.4, -0.2) is 51.1 Å². The fourth-order valence-electron chi connectivity index (χ4n) is 3.23. The molecule has 0 aliphatic carbocycles. The zero-order valence-electron chi connectivity index (χ0n) is 17.5. The van der Waals surface area contributed by atoms with Gasteiger partial charge in [-0.2, -0.15) is 0 Å². The fourth-order valence-corrected chi connectivity index (χ4v) is 4.13. The van der Waals surface area contributed by atoms with E-state index in [1.165, 1.54) is 38.1 Å². The van der Waals surface area contributed by atoms with E-state index in [2.05, 4.69) is 10.6 Å². The topological polar surface area (TPSA) is 116 Å². The molecular formula is C21H24N4O5S. The normalized spacial score (nSPS) is 16.5. The molecule has 1 unspecified atom stereocenters. The van der Waals surface area contributed by atoms with Crippen molar-refractivity contribution < 1.29 is 22.8 Å².